The fourth-order valence-electron chi connectivity index (χ4n) is 3.13. The third-order valence-corrected chi connectivity index (χ3v) is 4.45. The maximum atomic E-state index is 6.09. The molecule has 1 aromatic carbocycles. The maximum absolute atomic E-state index is 6.09. The monoisotopic (exact) mass is 276 g/mol. The molecule has 1 aromatic rings. The molecule has 2 N–H and O–H groups in total. The van der Waals surface area contributed by atoms with Gasteiger partial charge in [-0.3, -0.25) is 4.90 Å². The lowest BCUT2D eigenvalue weighted by molar-refractivity contribution is 0.119. The molecule has 3 nitrogen and oxygen atoms in total. The molecule has 3 unspecified atom stereocenters. The zero-order valence-corrected chi connectivity index (χ0v) is 13.0. The minimum absolute atomic E-state index is 0.284. The van der Waals surface area contributed by atoms with Crippen LogP contribution in [0.4, 0.5) is 0 Å². The van der Waals surface area contributed by atoms with E-state index in [9.17, 15) is 0 Å². The molecule has 0 aliphatic carbocycles. The Morgan fingerprint density at radius 2 is 2.10 bits per heavy atom. The van der Waals surface area contributed by atoms with Crippen molar-refractivity contribution in [1.29, 1.82) is 0 Å². The summed E-state index contributed by atoms with van der Waals surface area (Å²) in [5.74, 6) is 1.64. The molecule has 1 heterocycles. The average Bonchev–Trinajstić information content (AvgIpc) is 2.47. The molecule has 0 bridgehead atoms. The van der Waals surface area contributed by atoms with E-state index < -0.39 is 0 Å². The van der Waals surface area contributed by atoms with E-state index in [1.807, 2.05) is 13.0 Å². The van der Waals surface area contributed by atoms with Crippen LogP contribution in [0.25, 0.3) is 0 Å². The molecule has 112 valence electrons. The summed E-state index contributed by atoms with van der Waals surface area (Å²) in [5, 5.41) is 0. The highest BCUT2D eigenvalue weighted by molar-refractivity contribution is 5.35. The Bertz CT molecular complexity index is 419. The van der Waals surface area contributed by atoms with Gasteiger partial charge in [0.25, 0.3) is 0 Å². The van der Waals surface area contributed by atoms with E-state index in [4.69, 9.17) is 10.5 Å². The summed E-state index contributed by atoms with van der Waals surface area (Å²) in [4.78, 5) is 2.55. The molecular formula is C17H28N2O. The predicted molar refractivity (Wildman–Crippen MR) is 84.0 cm³/mol. The van der Waals surface area contributed by atoms with E-state index in [1.54, 1.807) is 0 Å². The summed E-state index contributed by atoms with van der Waals surface area (Å²) in [6.45, 7) is 9.42. The van der Waals surface area contributed by atoms with E-state index in [2.05, 4.69) is 36.9 Å². The van der Waals surface area contributed by atoms with Gasteiger partial charge in [0, 0.05) is 24.2 Å². The molecule has 1 aliphatic rings. The van der Waals surface area contributed by atoms with Gasteiger partial charge in [0.15, 0.2) is 0 Å². The molecule has 3 heteroatoms. The van der Waals surface area contributed by atoms with Crippen LogP contribution in [-0.4, -0.2) is 30.6 Å². The largest absolute Gasteiger partial charge is 0.494 e. The molecule has 20 heavy (non-hydrogen) atoms. The van der Waals surface area contributed by atoms with Crippen LogP contribution in [0.1, 0.15) is 45.2 Å². The number of nitrogens with zero attached hydrogens (tertiary/aromatic N) is 1. The van der Waals surface area contributed by atoms with Crippen LogP contribution in [0.3, 0.4) is 0 Å². The molecule has 3 atom stereocenters. The molecular weight excluding hydrogens is 248 g/mol. The predicted octanol–water partition coefficient (Wildman–Crippen LogP) is 3.21. The zero-order chi connectivity index (χ0) is 14.5. The van der Waals surface area contributed by atoms with Crippen LogP contribution in [0.5, 0.6) is 5.75 Å². The molecule has 1 fully saturated rings. The maximum Gasteiger partial charge on any atom is 0.124 e. The van der Waals surface area contributed by atoms with Crippen molar-refractivity contribution in [2.24, 2.45) is 11.7 Å². The Hall–Kier alpha value is -1.06. The summed E-state index contributed by atoms with van der Waals surface area (Å²) < 4.78 is 5.77. The standard InChI is InChI=1S/C17H28N2O/c1-4-20-17-10-6-5-9-16(17)14(3)19-11-7-8-15(12-19)13(2)18/h5-6,9-10,13-15H,4,7-8,11-12,18H2,1-3H3. The van der Waals surface area contributed by atoms with Crippen LogP contribution in [0, 0.1) is 5.92 Å². The first-order chi connectivity index (χ1) is 9.63. The van der Waals surface area contributed by atoms with Gasteiger partial charge in [-0.05, 0) is 52.1 Å². The van der Waals surface area contributed by atoms with Gasteiger partial charge in [0.2, 0.25) is 0 Å². The summed E-state index contributed by atoms with van der Waals surface area (Å²) in [5.41, 5.74) is 7.39. The number of para-hydroxylation sites is 1. The van der Waals surface area contributed by atoms with Crippen LogP contribution in [-0.2, 0) is 0 Å². The number of nitrogens with two attached hydrogens (primary N) is 1. The van der Waals surface area contributed by atoms with Gasteiger partial charge in [-0.2, -0.15) is 0 Å². The molecule has 0 aromatic heterocycles. The molecule has 1 saturated heterocycles. The zero-order valence-electron chi connectivity index (χ0n) is 13.0. The fraction of sp³-hybridized carbons (Fsp3) is 0.647. The number of rotatable bonds is 5. The third kappa shape index (κ3) is 3.53. The van der Waals surface area contributed by atoms with Crippen molar-refractivity contribution >= 4 is 0 Å². The van der Waals surface area contributed by atoms with Crippen molar-refractivity contribution in [3.63, 3.8) is 0 Å². The van der Waals surface area contributed by atoms with Crippen molar-refractivity contribution < 1.29 is 4.74 Å². The second-order valence-corrected chi connectivity index (χ2v) is 5.90. The number of hydrogen-bond acceptors (Lipinski definition) is 3. The van der Waals surface area contributed by atoms with Crippen molar-refractivity contribution in [3.8, 4) is 5.75 Å². The van der Waals surface area contributed by atoms with Gasteiger partial charge < -0.3 is 10.5 Å². The van der Waals surface area contributed by atoms with Gasteiger partial charge in [-0.25, -0.2) is 0 Å². The molecule has 1 aliphatic heterocycles. The first-order valence-electron chi connectivity index (χ1n) is 7.84. The first-order valence-corrected chi connectivity index (χ1v) is 7.84. The minimum atomic E-state index is 0.284. The molecule has 0 spiro atoms. The van der Waals surface area contributed by atoms with Gasteiger partial charge in [-0.1, -0.05) is 18.2 Å². The second-order valence-electron chi connectivity index (χ2n) is 5.90. The van der Waals surface area contributed by atoms with Crippen molar-refractivity contribution in [3.05, 3.63) is 29.8 Å². The van der Waals surface area contributed by atoms with Crippen molar-refractivity contribution in [2.75, 3.05) is 19.7 Å². The minimum Gasteiger partial charge on any atom is -0.494 e. The Morgan fingerprint density at radius 3 is 2.80 bits per heavy atom. The Morgan fingerprint density at radius 1 is 1.35 bits per heavy atom. The van der Waals surface area contributed by atoms with Crippen molar-refractivity contribution in [2.45, 2.75) is 45.7 Å². The molecule has 0 radical (unpaired) electrons. The lowest BCUT2D eigenvalue weighted by Crippen LogP contribution is -2.43. The number of piperidine rings is 1. The van der Waals surface area contributed by atoms with Crippen LogP contribution in [0.2, 0.25) is 0 Å². The van der Waals surface area contributed by atoms with E-state index in [-0.39, 0.29) is 6.04 Å². The number of benzene rings is 1. The van der Waals surface area contributed by atoms with E-state index in [0.717, 1.165) is 18.8 Å². The highest BCUT2D eigenvalue weighted by atomic mass is 16.5. The molecule has 2 rings (SSSR count). The molecule has 0 amide bonds. The van der Waals surface area contributed by atoms with Gasteiger partial charge in [-0.15, -0.1) is 0 Å². The average molecular weight is 276 g/mol. The summed E-state index contributed by atoms with van der Waals surface area (Å²) in [6, 6.07) is 9.07. The van der Waals surface area contributed by atoms with Gasteiger partial charge in [0.05, 0.1) is 6.61 Å². The fourth-order valence-corrected chi connectivity index (χ4v) is 3.13. The lowest BCUT2D eigenvalue weighted by Gasteiger charge is -2.38. The Kier molecular flexibility index (Phi) is 5.44. The normalized spacial score (nSPS) is 23.3. The highest BCUT2D eigenvalue weighted by Gasteiger charge is 2.27. The van der Waals surface area contributed by atoms with Crippen LogP contribution in [0.15, 0.2) is 24.3 Å². The van der Waals surface area contributed by atoms with Gasteiger partial charge in [0.1, 0.15) is 5.75 Å². The van der Waals surface area contributed by atoms with Crippen molar-refractivity contribution in [1.82, 2.24) is 4.90 Å². The lowest BCUT2D eigenvalue weighted by atomic mass is 9.90. The van der Waals surface area contributed by atoms with E-state index in [1.165, 1.54) is 18.4 Å². The Balaban J connectivity index is 2.12. The SMILES string of the molecule is CCOc1ccccc1C(C)N1CCCC(C(C)N)C1. The van der Waals surface area contributed by atoms with Crippen LogP contribution >= 0.6 is 0 Å². The highest BCUT2D eigenvalue weighted by Crippen LogP contribution is 2.32. The quantitative estimate of drug-likeness (QED) is 0.897. The first kappa shape index (κ1) is 15.3. The van der Waals surface area contributed by atoms with Gasteiger partial charge >= 0.3 is 0 Å². The summed E-state index contributed by atoms with van der Waals surface area (Å²) >= 11 is 0. The summed E-state index contributed by atoms with van der Waals surface area (Å²) in [7, 11) is 0. The smallest absolute Gasteiger partial charge is 0.124 e. The number of likely N-dealkylation sites (tertiary alicyclic amines) is 1. The second kappa shape index (κ2) is 7.09. The number of hydrogen-bond donors (Lipinski definition) is 1. The van der Waals surface area contributed by atoms with E-state index in [0.29, 0.717) is 18.6 Å². The number of ether oxygens (including phenoxy) is 1. The molecule has 0 saturated carbocycles. The van der Waals surface area contributed by atoms with Crippen LogP contribution < -0.4 is 10.5 Å². The topological polar surface area (TPSA) is 38.5 Å². The summed E-state index contributed by atoms with van der Waals surface area (Å²) in [6.07, 6.45) is 2.50. The third-order valence-electron chi connectivity index (χ3n) is 4.45. The Labute approximate surface area is 123 Å². The van der Waals surface area contributed by atoms with E-state index >= 15 is 0 Å².